The van der Waals surface area contributed by atoms with E-state index in [1.54, 1.807) is 6.07 Å². The van der Waals surface area contributed by atoms with Crippen LogP contribution in [0.1, 0.15) is 48.9 Å². The number of hydrogen-bond donors (Lipinski definition) is 1. The van der Waals surface area contributed by atoms with Crippen molar-refractivity contribution in [2.45, 2.75) is 39.7 Å². The van der Waals surface area contributed by atoms with E-state index in [1.165, 1.54) is 11.1 Å². The maximum absolute atomic E-state index is 12.8. The Kier molecular flexibility index (Phi) is 7.45. The third-order valence-corrected chi connectivity index (χ3v) is 5.34. The van der Waals surface area contributed by atoms with E-state index in [9.17, 15) is 10.1 Å². The van der Waals surface area contributed by atoms with E-state index >= 15 is 0 Å². The Balaban J connectivity index is 1.77. The van der Waals surface area contributed by atoms with Gasteiger partial charge >= 0.3 is 0 Å². The fraction of sp³-hybridized carbons (Fsp3) is 0.259. The molecule has 0 spiro atoms. The molecular weight excluding hydrogens is 382 g/mol. The number of rotatable bonds is 8. The number of amides is 1. The van der Waals surface area contributed by atoms with Gasteiger partial charge in [0.1, 0.15) is 0 Å². The van der Waals surface area contributed by atoms with Crippen LogP contribution >= 0.6 is 0 Å². The minimum Gasteiger partial charge on any atom is -0.358 e. The van der Waals surface area contributed by atoms with Crippen LogP contribution in [0.25, 0.3) is 0 Å². The molecule has 0 saturated carbocycles. The van der Waals surface area contributed by atoms with Gasteiger partial charge in [-0.2, -0.15) is 5.26 Å². The van der Waals surface area contributed by atoms with E-state index in [4.69, 9.17) is 0 Å². The smallest absolute Gasteiger partial charge is 0.243 e. The van der Waals surface area contributed by atoms with Gasteiger partial charge in [-0.05, 0) is 59.4 Å². The van der Waals surface area contributed by atoms with Gasteiger partial charge in [0.05, 0.1) is 18.2 Å². The standard InChI is InChI=1S/C27H29N3O/c1-4-21-8-10-22(11-9-21)18-30(26-7-5-6-23(16-26)17-28)19-27(31)29-25-14-12-24(13-15-25)20(2)3/h5-16,20H,4,18-19H2,1-3H3,(H,29,31). The monoisotopic (exact) mass is 411 g/mol. The van der Waals surface area contributed by atoms with Crippen molar-refractivity contribution in [3.05, 3.63) is 95.1 Å². The fourth-order valence-electron chi connectivity index (χ4n) is 3.44. The quantitative estimate of drug-likeness (QED) is 0.503. The molecule has 3 aromatic carbocycles. The molecule has 158 valence electrons. The first kappa shape index (κ1) is 22.1. The lowest BCUT2D eigenvalue weighted by Crippen LogP contribution is -2.33. The van der Waals surface area contributed by atoms with E-state index in [0.717, 1.165) is 23.4 Å². The summed E-state index contributed by atoms with van der Waals surface area (Å²) in [4.78, 5) is 14.8. The summed E-state index contributed by atoms with van der Waals surface area (Å²) in [5.74, 6) is 0.358. The highest BCUT2D eigenvalue weighted by Crippen LogP contribution is 2.20. The molecule has 0 aliphatic rings. The lowest BCUT2D eigenvalue weighted by atomic mass is 10.0. The first-order valence-electron chi connectivity index (χ1n) is 10.7. The lowest BCUT2D eigenvalue weighted by Gasteiger charge is -2.25. The van der Waals surface area contributed by atoms with E-state index < -0.39 is 0 Å². The van der Waals surface area contributed by atoms with Crippen molar-refractivity contribution in [2.75, 3.05) is 16.8 Å². The molecule has 1 N–H and O–H groups in total. The molecule has 0 fully saturated rings. The minimum absolute atomic E-state index is 0.0927. The van der Waals surface area contributed by atoms with Crippen LogP contribution in [0.15, 0.2) is 72.8 Å². The van der Waals surface area contributed by atoms with Crippen LogP contribution in [0.3, 0.4) is 0 Å². The number of aryl methyl sites for hydroxylation is 1. The van der Waals surface area contributed by atoms with E-state index in [-0.39, 0.29) is 12.5 Å². The SMILES string of the molecule is CCc1ccc(CN(CC(=O)Nc2ccc(C(C)C)cc2)c2cccc(C#N)c2)cc1. The van der Waals surface area contributed by atoms with Crippen LogP contribution in [0.5, 0.6) is 0 Å². The maximum Gasteiger partial charge on any atom is 0.243 e. The normalized spacial score (nSPS) is 10.5. The highest BCUT2D eigenvalue weighted by atomic mass is 16.2. The molecule has 0 heterocycles. The Bertz CT molecular complexity index is 1050. The molecule has 0 unspecified atom stereocenters. The summed E-state index contributed by atoms with van der Waals surface area (Å²) >= 11 is 0. The Morgan fingerprint density at radius 1 is 1.00 bits per heavy atom. The summed E-state index contributed by atoms with van der Waals surface area (Å²) in [5.41, 5.74) is 5.85. The molecule has 1 amide bonds. The van der Waals surface area contributed by atoms with Gasteiger partial charge in [0.25, 0.3) is 0 Å². The molecule has 0 atom stereocenters. The largest absolute Gasteiger partial charge is 0.358 e. The fourth-order valence-corrected chi connectivity index (χ4v) is 3.44. The van der Waals surface area contributed by atoms with Crippen molar-refractivity contribution in [2.24, 2.45) is 0 Å². The van der Waals surface area contributed by atoms with Gasteiger partial charge in [-0.15, -0.1) is 0 Å². The highest BCUT2D eigenvalue weighted by Gasteiger charge is 2.14. The van der Waals surface area contributed by atoms with Gasteiger partial charge in [0.15, 0.2) is 0 Å². The molecule has 3 rings (SSSR count). The summed E-state index contributed by atoms with van der Waals surface area (Å²) in [7, 11) is 0. The van der Waals surface area contributed by atoms with Gasteiger partial charge in [0, 0.05) is 17.9 Å². The summed E-state index contributed by atoms with van der Waals surface area (Å²) in [6.45, 7) is 7.20. The van der Waals surface area contributed by atoms with Gasteiger partial charge < -0.3 is 10.2 Å². The second kappa shape index (κ2) is 10.4. The molecule has 0 aliphatic carbocycles. The summed E-state index contributed by atoms with van der Waals surface area (Å²) in [6.07, 6.45) is 0.992. The Morgan fingerprint density at radius 3 is 2.29 bits per heavy atom. The molecule has 0 aromatic heterocycles. The number of nitrogens with one attached hydrogen (secondary N) is 1. The van der Waals surface area contributed by atoms with Crippen LogP contribution < -0.4 is 10.2 Å². The molecular formula is C27H29N3O. The Morgan fingerprint density at radius 2 is 1.68 bits per heavy atom. The van der Waals surface area contributed by atoms with Crippen LogP contribution in [0, 0.1) is 11.3 Å². The van der Waals surface area contributed by atoms with Crippen molar-refractivity contribution in [1.82, 2.24) is 0 Å². The predicted octanol–water partition coefficient (Wildman–Crippen LogP) is 5.89. The van der Waals surface area contributed by atoms with Gasteiger partial charge in [-0.1, -0.05) is 63.2 Å². The number of benzene rings is 3. The van der Waals surface area contributed by atoms with Crippen LogP contribution in [0.4, 0.5) is 11.4 Å². The van der Waals surface area contributed by atoms with Gasteiger partial charge in [0.2, 0.25) is 5.91 Å². The van der Waals surface area contributed by atoms with Gasteiger partial charge in [-0.3, -0.25) is 4.79 Å². The minimum atomic E-state index is -0.0927. The average molecular weight is 412 g/mol. The van der Waals surface area contributed by atoms with Crippen molar-refractivity contribution >= 4 is 17.3 Å². The summed E-state index contributed by atoms with van der Waals surface area (Å²) in [5, 5.41) is 12.3. The third kappa shape index (κ3) is 6.20. The maximum atomic E-state index is 12.8. The Hall–Kier alpha value is -3.58. The number of hydrogen-bond acceptors (Lipinski definition) is 3. The zero-order valence-electron chi connectivity index (χ0n) is 18.4. The van der Waals surface area contributed by atoms with Crippen molar-refractivity contribution in [1.29, 1.82) is 5.26 Å². The van der Waals surface area contributed by atoms with Crippen LogP contribution in [-0.2, 0) is 17.8 Å². The topological polar surface area (TPSA) is 56.1 Å². The zero-order valence-corrected chi connectivity index (χ0v) is 18.4. The van der Waals surface area contributed by atoms with E-state index in [1.807, 2.05) is 47.4 Å². The van der Waals surface area contributed by atoms with E-state index in [2.05, 4.69) is 56.4 Å². The molecule has 0 saturated heterocycles. The molecule has 3 aromatic rings. The molecule has 0 bridgehead atoms. The number of carbonyl (C=O) groups excluding carboxylic acids is 1. The number of nitrogens with zero attached hydrogens (tertiary/aromatic N) is 2. The van der Waals surface area contributed by atoms with Gasteiger partial charge in [-0.25, -0.2) is 0 Å². The predicted molar refractivity (Wildman–Crippen MR) is 127 cm³/mol. The van der Waals surface area contributed by atoms with Crippen LogP contribution in [0.2, 0.25) is 0 Å². The van der Waals surface area contributed by atoms with Crippen molar-refractivity contribution in [3.63, 3.8) is 0 Å². The molecule has 0 aliphatic heterocycles. The number of carbonyl (C=O) groups is 1. The lowest BCUT2D eigenvalue weighted by molar-refractivity contribution is -0.115. The van der Waals surface area contributed by atoms with E-state index in [0.29, 0.717) is 18.0 Å². The number of nitriles is 1. The highest BCUT2D eigenvalue weighted by molar-refractivity contribution is 5.94. The molecule has 31 heavy (non-hydrogen) atoms. The first-order chi connectivity index (χ1) is 15.0. The van der Waals surface area contributed by atoms with Crippen molar-refractivity contribution in [3.8, 4) is 6.07 Å². The molecule has 4 nitrogen and oxygen atoms in total. The zero-order chi connectivity index (χ0) is 22.2. The number of anilines is 2. The average Bonchev–Trinajstić information content (AvgIpc) is 2.79. The summed E-state index contributed by atoms with van der Waals surface area (Å²) < 4.78 is 0. The van der Waals surface area contributed by atoms with Crippen molar-refractivity contribution < 1.29 is 4.79 Å². The van der Waals surface area contributed by atoms with Crippen LogP contribution in [-0.4, -0.2) is 12.5 Å². The first-order valence-corrected chi connectivity index (χ1v) is 10.7. The molecule has 0 radical (unpaired) electrons. The second-order valence-corrected chi connectivity index (χ2v) is 8.01. The second-order valence-electron chi connectivity index (χ2n) is 8.01. The third-order valence-electron chi connectivity index (χ3n) is 5.34. The summed E-state index contributed by atoms with van der Waals surface area (Å²) in [6, 6.07) is 26.0. The molecule has 4 heteroatoms. The Labute approximate surface area is 185 Å².